The average molecular weight is 533 g/mol. The maximum absolute atomic E-state index is 12.4. The number of benzene rings is 1. The molecule has 1 N–H and O–H groups in total. The molecule has 0 unspecified atom stereocenters. The van der Waals surface area contributed by atoms with Crippen LogP contribution in [0.2, 0.25) is 5.02 Å². The fourth-order valence-corrected chi connectivity index (χ4v) is 3.16. The first kappa shape index (κ1) is 23.3. The lowest BCUT2D eigenvalue weighted by molar-refractivity contribution is 0.0657. The molecule has 1 aliphatic heterocycles. The number of furan rings is 1. The molecule has 1 fully saturated rings. The van der Waals surface area contributed by atoms with Gasteiger partial charge in [0.15, 0.2) is 11.7 Å². The van der Waals surface area contributed by atoms with Crippen LogP contribution in [0.4, 0.5) is 0 Å². The van der Waals surface area contributed by atoms with Gasteiger partial charge in [0, 0.05) is 37.7 Å². The number of carbonyl (C=O) groups excluding carboxylic acids is 1. The Labute approximate surface area is 193 Å². The highest BCUT2D eigenvalue weighted by Crippen LogP contribution is 2.17. The van der Waals surface area contributed by atoms with Crippen molar-refractivity contribution in [2.45, 2.75) is 6.92 Å². The summed E-state index contributed by atoms with van der Waals surface area (Å²) in [4.78, 5) is 21.0. The lowest BCUT2D eigenvalue weighted by atomic mass is 10.3. The van der Waals surface area contributed by atoms with Crippen LogP contribution >= 0.6 is 35.6 Å². The molecule has 0 atom stereocenters. The highest BCUT2D eigenvalue weighted by molar-refractivity contribution is 14.0. The van der Waals surface area contributed by atoms with E-state index in [4.69, 9.17) is 20.8 Å². The third kappa shape index (κ3) is 6.81. The molecule has 2 aromatic rings. The number of hydrogen-bond acceptors (Lipinski definition) is 4. The molecule has 158 valence electrons. The first-order chi connectivity index (χ1) is 13.7. The summed E-state index contributed by atoms with van der Waals surface area (Å²) in [5.74, 6) is 1.88. The van der Waals surface area contributed by atoms with Gasteiger partial charge in [-0.05, 0) is 37.3 Å². The normalized spacial score (nSPS) is 14.3. The zero-order valence-electron chi connectivity index (χ0n) is 16.3. The molecule has 0 saturated carbocycles. The number of amides is 1. The summed E-state index contributed by atoms with van der Waals surface area (Å²) in [6.45, 7) is 6.49. The second kappa shape index (κ2) is 11.9. The van der Waals surface area contributed by atoms with Gasteiger partial charge in [-0.2, -0.15) is 0 Å². The predicted molar refractivity (Wildman–Crippen MR) is 125 cm³/mol. The Morgan fingerprint density at radius 3 is 2.62 bits per heavy atom. The van der Waals surface area contributed by atoms with Crippen molar-refractivity contribution in [1.29, 1.82) is 0 Å². The number of aliphatic imine (C=N–C) groups is 1. The molecule has 0 aliphatic carbocycles. The minimum atomic E-state index is -0.0680. The van der Waals surface area contributed by atoms with Gasteiger partial charge >= 0.3 is 0 Å². The second-order valence-corrected chi connectivity index (χ2v) is 6.73. The predicted octanol–water partition coefficient (Wildman–Crippen LogP) is 3.35. The van der Waals surface area contributed by atoms with Crippen LogP contribution in [0.25, 0.3) is 0 Å². The zero-order valence-corrected chi connectivity index (χ0v) is 19.4. The van der Waals surface area contributed by atoms with Crippen molar-refractivity contribution in [2.24, 2.45) is 4.99 Å². The van der Waals surface area contributed by atoms with Gasteiger partial charge in [0.05, 0.1) is 12.8 Å². The van der Waals surface area contributed by atoms with E-state index in [1.54, 1.807) is 23.1 Å². The molecule has 29 heavy (non-hydrogen) atoms. The number of halogens is 2. The van der Waals surface area contributed by atoms with Gasteiger partial charge in [-0.15, -0.1) is 24.0 Å². The van der Waals surface area contributed by atoms with Crippen molar-refractivity contribution in [3.63, 3.8) is 0 Å². The summed E-state index contributed by atoms with van der Waals surface area (Å²) >= 11 is 5.96. The van der Waals surface area contributed by atoms with E-state index in [1.807, 2.05) is 25.1 Å². The Hall–Kier alpha value is -1.94. The van der Waals surface area contributed by atoms with Crippen molar-refractivity contribution in [3.05, 3.63) is 53.4 Å². The van der Waals surface area contributed by atoms with Gasteiger partial charge in [-0.3, -0.25) is 4.79 Å². The monoisotopic (exact) mass is 532 g/mol. The molecule has 3 rings (SSSR count). The Kier molecular flexibility index (Phi) is 9.59. The molecule has 0 bridgehead atoms. The minimum Gasteiger partial charge on any atom is -0.492 e. The molecule has 1 aliphatic rings. The molecule has 1 aromatic heterocycles. The summed E-state index contributed by atoms with van der Waals surface area (Å²) in [6, 6.07) is 10.7. The SMILES string of the molecule is CCNC(=NCCOc1cccc(Cl)c1)N1CCN(C(=O)c2ccco2)CC1.I. The van der Waals surface area contributed by atoms with Gasteiger partial charge in [0.2, 0.25) is 0 Å². The Morgan fingerprint density at radius 1 is 1.21 bits per heavy atom. The van der Waals surface area contributed by atoms with Crippen LogP contribution in [0.1, 0.15) is 17.5 Å². The molecule has 1 aromatic carbocycles. The number of nitrogens with one attached hydrogen (secondary N) is 1. The first-order valence-corrected chi connectivity index (χ1v) is 9.79. The molecular weight excluding hydrogens is 507 g/mol. The summed E-state index contributed by atoms with van der Waals surface area (Å²) in [6.07, 6.45) is 1.52. The lowest BCUT2D eigenvalue weighted by Crippen LogP contribution is -2.53. The number of rotatable bonds is 6. The zero-order chi connectivity index (χ0) is 19.8. The Balaban J connectivity index is 0.00000300. The van der Waals surface area contributed by atoms with Crippen LogP contribution in [0.5, 0.6) is 5.75 Å². The maximum Gasteiger partial charge on any atom is 0.289 e. The van der Waals surface area contributed by atoms with Crippen LogP contribution in [0.3, 0.4) is 0 Å². The van der Waals surface area contributed by atoms with Crippen molar-refractivity contribution < 1.29 is 13.9 Å². The number of hydrogen-bond donors (Lipinski definition) is 1. The van der Waals surface area contributed by atoms with Gasteiger partial charge in [-0.25, -0.2) is 4.99 Å². The van der Waals surface area contributed by atoms with Crippen LogP contribution in [0.15, 0.2) is 52.1 Å². The molecule has 9 heteroatoms. The molecule has 2 heterocycles. The smallest absolute Gasteiger partial charge is 0.289 e. The maximum atomic E-state index is 12.4. The summed E-state index contributed by atoms with van der Waals surface area (Å²) in [7, 11) is 0. The van der Waals surface area contributed by atoms with E-state index in [0.717, 1.165) is 18.3 Å². The number of ether oxygens (including phenoxy) is 1. The summed E-state index contributed by atoms with van der Waals surface area (Å²) < 4.78 is 10.9. The van der Waals surface area contributed by atoms with Crippen LogP contribution < -0.4 is 10.1 Å². The molecule has 1 saturated heterocycles. The fraction of sp³-hybridized carbons (Fsp3) is 0.400. The quantitative estimate of drug-likeness (QED) is 0.267. The van der Waals surface area contributed by atoms with E-state index in [1.165, 1.54) is 6.26 Å². The van der Waals surface area contributed by atoms with Gasteiger partial charge < -0.3 is 24.3 Å². The third-order valence-electron chi connectivity index (χ3n) is 4.35. The highest BCUT2D eigenvalue weighted by atomic mass is 127. The molecular formula is C20H26ClIN4O3. The first-order valence-electron chi connectivity index (χ1n) is 9.42. The Bertz CT molecular complexity index is 793. The minimum absolute atomic E-state index is 0. The Morgan fingerprint density at radius 2 is 1.97 bits per heavy atom. The third-order valence-corrected chi connectivity index (χ3v) is 4.59. The van der Waals surface area contributed by atoms with Crippen LogP contribution in [0, 0.1) is 0 Å². The van der Waals surface area contributed by atoms with Gasteiger partial charge in [0.25, 0.3) is 5.91 Å². The van der Waals surface area contributed by atoms with E-state index in [-0.39, 0.29) is 29.9 Å². The highest BCUT2D eigenvalue weighted by Gasteiger charge is 2.25. The van der Waals surface area contributed by atoms with E-state index < -0.39 is 0 Å². The number of piperazine rings is 1. The van der Waals surface area contributed by atoms with E-state index >= 15 is 0 Å². The van der Waals surface area contributed by atoms with E-state index in [0.29, 0.717) is 50.1 Å². The van der Waals surface area contributed by atoms with Gasteiger partial charge in [0.1, 0.15) is 12.4 Å². The van der Waals surface area contributed by atoms with Crippen molar-refractivity contribution in [2.75, 3.05) is 45.9 Å². The topological polar surface area (TPSA) is 70.3 Å². The molecule has 1 amide bonds. The van der Waals surface area contributed by atoms with Crippen molar-refractivity contribution in [1.82, 2.24) is 15.1 Å². The number of nitrogens with zero attached hydrogens (tertiary/aromatic N) is 3. The van der Waals surface area contributed by atoms with Crippen molar-refractivity contribution in [3.8, 4) is 5.75 Å². The van der Waals surface area contributed by atoms with Crippen LogP contribution in [-0.4, -0.2) is 67.5 Å². The fourth-order valence-electron chi connectivity index (χ4n) is 2.98. The van der Waals surface area contributed by atoms with E-state index in [2.05, 4.69) is 15.2 Å². The molecule has 0 radical (unpaired) electrons. The average Bonchev–Trinajstić information content (AvgIpc) is 3.25. The standard InChI is InChI=1S/C20H25ClN4O3.HI/c1-2-22-20(23-8-14-27-17-6-3-5-16(21)15-17)25-11-9-24(10-12-25)19(26)18-7-4-13-28-18;/h3-7,13,15H,2,8-12,14H2,1H3,(H,22,23);1H. The lowest BCUT2D eigenvalue weighted by Gasteiger charge is -2.36. The van der Waals surface area contributed by atoms with Crippen molar-refractivity contribution >= 4 is 47.4 Å². The second-order valence-electron chi connectivity index (χ2n) is 6.30. The molecule has 7 nitrogen and oxygen atoms in total. The van der Waals surface area contributed by atoms with Gasteiger partial charge in [-0.1, -0.05) is 17.7 Å². The summed E-state index contributed by atoms with van der Waals surface area (Å²) in [5, 5.41) is 3.96. The molecule has 0 spiro atoms. The number of guanidine groups is 1. The summed E-state index contributed by atoms with van der Waals surface area (Å²) in [5.41, 5.74) is 0. The van der Waals surface area contributed by atoms with E-state index in [9.17, 15) is 4.79 Å². The number of carbonyl (C=O) groups is 1. The van der Waals surface area contributed by atoms with Crippen LogP contribution in [-0.2, 0) is 0 Å². The largest absolute Gasteiger partial charge is 0.492 e.